The van der Waals surface area contributed by atoms with Crippen molar-refractivity contribution in [3.63, 3.8) is 0 Å². The van der Waals surface area contributed by atoms with Gasteiger partial charge in [0.2, 0.25) is 0 Å². The molecule has 5 rings (SSSR count). The largest absolute Gasteiger partial charge is 0.336 e. The molecule has 0 bridgehead atoms. The van der Waals surface area contributed by atoms with Crippen LogP contribution in [0.25, 0.3) is 5.70 Å². The summed E-state index contributed by atoms with van der Waals surface area (Å²) in [4.78, 5) is 17.3. The first-order valence-corrected chi connectivity index (χ1v) is 9.27. The highest BCUT2D eigenvalue weighted by Crippen LogP contribution is 2.44. The van der Waals surface area contributed by atoms with Crippen LogP contribution < -0.4 is 0 Å². The van der Waals surface area contributed by atoms with Crippen LogP contribution in [-0.4, -0.2) is 57.7 Å². The van der Waals surface area contributed by atoms with Gasteiger partial charge in [-0.3, -0.25) is 9.69 Å². The van der Waals surface area contributed by atoms with Crippen LogP contribution in [0.5, 0.6) is 0 Å². The van der Waals surface area contributed by atoms with Crippen LogP contribution >= 0.6 is 0 Å². The van der Waals surface area contributed by atoms with Crippen LogP contribution in [-0.2, 0) is 0 Å². The molecule has 5 nitrogen and oxygen atoms in total. The number of fused-ring (bicyclic) bond motifs is 1. The normalized spacial score (nSPS) is 29.8. The fourth-order valence-electron chi connectivity index (χ4n) is 3.99. The molecule has 1 saturated heterocycles. The van der Waals surface area contributed by atoms with Gasteiger partial charge in [0.05, 0.1) is 5.70 Å². The fraction of sp³-hybridized carbons (Fsp3) is 0.579. The van der Waals surface area contributed by atoms with E-state index in [1.54, 1.807) is 0 Å². The minimum absolute atomic E-state index is 0.0797. The summed E-state index contributed by atoms with van der Waals surface area (Å²) in [5.41, 5.74) is 1.67. The van der Waals surface area contributed by atoms with Gasteiger partial charge in [-0.05, 0) is 49.7 Å². The van der Waals surface area contributed by atoms with Gasteiger partial charge < -0.3 is 4.90 Å². The minimum atomic E-state index is 0.0797. The third-order valence-electron chi connectivity index (χ3n) is 5.74. The maximum atomic E-state index is 12.8. The second-order valence-corrected chi connectivity index (χ2v) is 7.57. The summed E-state index contributed by atoms with van der Waals surface area (Å²) < 4.78 is 1.85. The number of hydrogen-bond acceptors (Lipinski definition) is 3. The monoisotopic (exact) mass is 324 g/mol. The second kappa shape index (κ2) is 5.59. The van der Waals surface area contributed by atoms with E-state index >= 15 is 0 Å². The average molecular weight is 324 g/mol. The number of hydrogen-bond donors (Lipinski definition) is 0. The number of carbonyl (C=O) groups is 1. The average Bonchev–Trinajstić information content (AvgIpc) is 3.49. The summed E-state index contributed by atoms with van der Waals surface area (Å²) in [5, 5.41) is 4.55. The Bertz CT molecular complexity index is 715. The second-order valence-electron chi connectivity index (χ2n) is 7.57. The van der Waals surface area contributed by atoms with Crippen molar-refractivity contribution in [2.75, 3.05) is 26.2 Å². The summed E-state index contributed by atoms with van der Waals surface area (Å²) in [6.07, 6.45) is 13.6. The van der Waals surface area contributed by atoms with E-state index in [4.69, 9.17) is 0 Å². The van der Waals surface area contributed by atoms with Crippen LogP contribution in [0.3, 0.4) is 0 Å². The molecule has 1 aromatic heterocycles. The Morgan fingerprint density at radius 1 is 1.12 bits per heavy atom. The first-order valence-electron chi connectivity index (χ1n) is 9.27. The number of allylic oxidation sites excluding steroid dienone is 4. The molecule has 3 aliphatic carbocycles. The lowest BCUT2D eigenvalue weighted by Crippen LogP contribution is -2.36. The molecule has 3 fully saturated rings. The number of rotatable bonds is 3. The zero-order valence-electron chi connectivity index (χ0n) is 14.0. The van der Waals surface area contributed by atoms with Gasteiger partial charge in [0.15, 0.2) is 5.69 Å². The van der Waals surface area contributed by atoms with Crippen molar-refractivity contribution in [3.8, 4) is 0 Å². The molecule has 0 radical (unpaired) electrons. The molecule has 4 aliphatic rings. The third-order valence-corrected chi connectivity index (χ3v) is 5.74. The molecule has 0 spiro atoms. The maximum Gasteiger partial charge on any atom is 0.274 e. The fourth-order valence-corrected chi connectivity index (χ4v) is 3.99. The predicted octanol–water partition coefficient (Wildman–Crippen LogP) is 2.24. The van der Waals surface area contributed by atoms with E-state index in [9.17, 15) is 4.79 Å². The maximum absolute atomic E-state index is 12.8. The van der Waals surface area contributed by atoms with E-state index in [2.05, 4.69) is 28.2 Å². The Balaban J connectivity index is 1.28. The van der Waals surface area contributed by atoms with Gasteiger partial charge in [0, 0.05) is 38.4 Å². The van der Waals surface area contributed by atoms with E-state index in [0.717, 1.165) is 50.3 Å². The van der Waals surface area contributed by atoms with E-state index in [0.29, 0.717) is 11.6 Å². The van der Waals surface area contributed by atoms with Gasteiger partial charge >= 0.3 is 0 Å². The zero-order chi connectivity index (χ0) is 16.1. The van der Waals surface area contributed by atoms with Gasteiger partial charge in [0.1, 0.15) is 0 Å². The highest BCUT2D eigenvalue weighted by atomic mass is 16.2. The first-order chi connectivity index (χ1) is 11.8. The lowest BCUT2D eigenvalue weighted by molar-refractivity contribution is 0.0754. The molecule has 5 heteroatoms. The molecule has 24 heavy (non-hydrogen) atoms. The van der Waals surface area contributed by atoms with Crippen molar-refractivity contribution in [2.45, 2.75) is 31.7 Å². The van der Waals surface area contributed by atoms with Crippen LogP contribution in [0.2, 0.25) is 0 Å². The van der Waals surface area contributed by atoms with Crippen LogP contribution in [0.1, 0.15) is 36.2 Å². The highest BCUT2D eigenvalue weighted by molar-refractivity contribution is 5.92. The zero-order valence-corrected chi connectivity index (χ0v) is 14.0. The first kappa shape index (κ1) is 14.5. The van der Waals surface area contributed by atoms with Gasteiger partial charge in [0.25, 0.3) is 5.91 Å². The molecule has 2 heterocycles. The van der Waals surface area contributed by atoms with Crippen molar-refractivity contribution in [3.05, 3.63) is 36.2 Å². The minimum Gasteiger partial charge on any atom is -0.336 e. The van der Waals surface area contributed by atoms with Gasteiger partial charge in [-0.15, -0.1) is 0 Å². The molecular weight excluding hydrogens is 300 g/mol. The number of nitrogens with zero attached hydrogens (tertiary/aromatic N) is 4. The smallest absolute Gasteiger partial charge is 0.274 e. The van der Waals surface area contributed by atoms with E-state index in [1.807, 2.05) is 21.8 Å². The molecule has 0 aromatic carbocycles. The molecule has 126 valence electrons. The van der Waals surface area contributed by atoms with Crippen molar-refractivity contribution in [1.29, 1.82) is 0 Å². The Kier molecular flexibility index (Phi) is 3.37. The van der Waals surface area contributed by atoms with E-state index in [-0.39, 0.29) is 5.91 Å². The number of aromatic nitrogens is 2. The van der Waals surface area contributed by atoms with Crippen LogP contribution in [0.15, 0.2) is 30.5 Å². The summed E-state index contributed by atoms with van der Waals surface area (Å²) >= 11 is 0. The molecule has 2 saturated carbocycles. The third kappa shape index (κ3) is 2.71. The lowest BCUT2D eigenvalue weighted by atomic mass is 10.1. The van der Waals surface area contributed by atoms with Gasteiger partial charge in [-0.2, -0.15) is 5.10 Å². The molecular formula is C19H24N4O. The lowest BCUT2D eigenvalue weighted by Gasteiger charge is -2.21. The van der Waals surface area contributed by atoms with Crippen molar-refractivity contribution in [2.24, 2.45) is 11.8 Å². The van der Waals surface area contributed by atoms with Gasteiger partial charge in [-0.25, -0.2) is 4.68 Å². The predicted molar refractivity (Wildman–Crippen MR) is 92.4 cm³/mol. The SMILES string of the molecule is O=C(c1ccn(C2=CC3CC3C=C2)n1)N1CCCN(C2CC2)CC1. The quantitative estimate of drug-likeness (QED) is 0.856. The standard InChI is InChI=1S/C19H24N4O/c24-19(22-8-1-7-21(10-11-22)16-4-5-16)18-6-9-23(20-18)17-3-2-14-12-15(14)13-17/h2-3,6,9,13-16H,1,4-5,7-8,10-12H2. The molecule has 0 N–H and O–H groups in total. The summed E-state index contributed by atoms with van der Waals surface area (Å²) in [6.45, 7) is 3.81. The van der Waals surface area contributed by atoms with Crippen molar-refractivity contribution >= 4 is 11.6 Å². The summed E-state index contributed by atoms with van der Waals surface area (Å²) in [7, 11) is 0. The van der Waals surface area contributed by atoms with E-state index in [1.165, 1.54) is 19.3 Å². The Hall–Kier alpha value is -1.88. The van der Waals surface area contributed by atoms with Crippen LogP contribution in [0, 0.1) is 11.8 Å². The molecule has 2 atom stereocenters. The Morgan fingerprint density at radius 2 is 2.04 bits per heavy atom. The van der Waals surface area contributed by atoms with Crippen molar-refractivity contribution in [1.82, 2.24) is 19.6 Å². The number of carbonyl (C=O) groups excluding carboxylic acids is 1. The molecule has 1 aliphatic heterocycles. The Labute approximate surface area is 142 Å². The topological polar surface area (TPSA) is 41.4 Å². The molecule has 1 amide bonds. The highest BCUT2D eigenvalue weighted by Gasteiger charge is 2.35. The van der Waals surface area contributed by atoms with E-state index < -0.39 is 0 Å². The summed E-state index contributed by atoms with van der Waals surface area (Å²) in [6, 6.07) is 2.65. The number of amides is 1. The molecule has 1 aromatic rings. The van der Waals surface area contributed by atoms with Crippen molar-refractivity contribution < 1.29 is 4.79 Å². The summed E-state index contributed by atoms with van der Waals surface area (Å²) in [5.74, 6) is 1.51. The van der Waals surface area contributed by atoms with Gasteiger partial charge in [-0.1, -0.05) is 12.2 Å². The Morgan fingerprint density at radius 3 is 2.88 bits per heavy atom. The molecule has 2 unspecified atom stereocenters. The van der Waals surface area contributed by atoms with Crippen LogP contribution in [0.4, 0.5) is 0 Å².